The van der Waals surface area contributed by atoms with Crippen molar-refractivity contribution in [2.45, 2.75) is 58.0 Å². The smallest absolute Gasteiger partial charge is 0.0235 e. The highest BCUT2D eigenvalue weighted by molar-refractivity contribution is 6.17. The van der Waals surface area contributed by atoms with Gasteiger partial charge in [0.1, 0.15) is 0 Å². The summed E-state index contributed by atoms with van der Waals surface area (Å²) in [6.45, 7) is 8.26. The second kappa shape index (κ2) is 8.32. The van der Waals surface area contributed by atoms with Crippen LogP contribution in [-0.4, -0.2) is 42.5 Å². The lowest BCUT2D eigenvalue weighted by molar-refractivity contribution is 0.270. The molecule has 0 radical (unpaired) electrons. The first-order valence-electron chi connectivity index (χ1n) is 6.77. The normalized spacial score (nSPS) is 30.2. The monoisotopic (exact) mass is 246 g/mol. The van der Waals surface area contributed by atoms with Crippen LogP contribution in [0.2, 0.25) is 0 Å². The number of nitrogens with one attached hydrogen (secondary N) is 1. The second-order valence-corrected chi connectivity index (χ2v) is 5.45. The van der Waals surface area contributed by atoms with E-state index in [-0.39, 0.29) is 0 Å². The molecule has 0 aromatic carbocycles. The molecule has 2 heterocycles. The van der Waals surface area contributed by atoms with E-state index in [1.165, 1.54) is 45.3 Å². The maximum atomic E-state index is 5.60. The predicted molar refractivity (Wildman–Crippen MR) is 72.3 cm³/mol. The molecule has 96 valence electrons. The fourth-order valence-corrected chi connectivity index (χ4v) is 2.57. The third kappa shape index (κ3) is 5.51. The van der Waals surface area contributed by atoms with Gasteiger partial charge in [0.15, 0.2) is 0 Å². The Kier molecular flexibility index (Phi) is 7.42. The Balaban J connectivity index is 0.000000181. The summed E-state index contributed by atoms with van der Waals surface area (Å²) < 4.78 is 0. The fraction of sp³-hybridized carbons (Fsp3) is 1.00. The molecule has 2 atom stereocenters. The van der Waals surface area contributed by atoms with E-state index in [4.69, 9.17) is 11.6 Å². The molecule has 1 N–H and O–H groups in total. The van der Waals surface area contributed by atoms with Crippen LogP contribution in [0.1, 0.15) is 46.0 Å². The highest BCUT2D eigenvalue weighted by Gasteiger charge is 2.18. The lowest BCUT2D eigenvalue weighted by atomic mass is 10.2. The highest BCUT2D eigenvalue weighted by atomic mass is 35.5. The zero-order valence-electron chi connectivity index (χ0n) is 10.8. The Hall–Kier alpha value is 0.210. The average molecular weight is 247 g/mol. The Morgan fingerprint density at radius 1 is 1.25 bits per heavy atom. The molecular weight excluding hydrogens is 220 g/mol. The van der Waals surface area contributed by atoms with Crippen LogP contribution in [0, 0.1) is 0 Å². The Labute approximate surface area is 106 Å². The zero-order valence-corrected chi connectivity index (χ0v) is 11.6. The average Bonchev–Trinajstić information content (AvgIpc) is 2.88. The minimum atomic E-state index is 0.796. The van der Waals surface area contributed by atoms with Gasteiger partial charge >= 0.3 is 0 Å². The highest BCUT2D eigenvalue weighted by Crippen LogP contribution is 2.16. The summed E-state index contributed by atoms with van der Waals surface area (Å²) in [5, 5.41) is 3.32. The molecule has 0 aliphatic carbocycles. The van der Waals surface area contributed by atoms with E-state index >= 15 is 0 Å². The summed E-state index contributed by atoms with van der Waals surface area (Å²) >= 11 is 5.60. The van der Waals surface area contributed by atoms with Crippen molar-refractivity contribution in [2.24, 2.45) is 0 Å². The van der Waals surface area contributed by atoms with Crippen molar-refractivity contribution in [1.82, 2.24) is 10.2 Å². The minimum absolute atomic E-state index is 0.796. The van der Waals surface area contributed by atoms with Gasteiger partial charge in [0.25, 0.3) is 0 Å². The van der Waals surface area contributed by atoms with E-state index in [0.717, 1.165) is 24.4 Å². The summed E-state index contributed by atoms with van der Waals surface area (Å²) in [5.74, 6) is 0.809. The van der Waals surface area contributed by atoms with Crippen LogP contribution in [0.5, 0.6) is 0 Å². The number of hydrogen-bond acceptors (Lipinski definition) is 2. The van der Waals surface area contributed by atoms with Crippen molar-refractivity contribution in [3.05, 3.63) is 0 Å². The lowest BCUT2D eigenvalue weighted by Gasteiger charge is -2.19. The molecule has 0 bridgehead atoms. The molecular formula is C13H27ClN2. The van der Waals surface area contributed by atoms with E-state index in [2.05, 4.69) is 24.1 Å². The van der Waals surface area contributed by atoms with Crippen LogP contribution in [0.4, 0.5) is 0 Å². The largest absolute Gasteiger partial charge is 0.314 e. The maximum absolute atomic E-state index is 5.60. The molecule has 0 spiro atoms. The third-order valence-corrected chi connectivity index (χ3v) is 3.84. The zero-order chi connectivity index (χ0) is 11.8. The van der Waals surface area contributed by atoms with Gasteiger partial charge in [0.05, 0.1) is 0 Å². The molecule has 0 saturated carbocycles. The van der Waals surface area contributed by atoms with Crippen LogP contribution in [-0.2, 0) is 0 Å². The lowest BCUT2D eigenvalue weighted by Crippen LogP contribution is -2.27. The third-order valence-electron chi connectivity index (χ3n) is 3.58. The molecule has 2 nitrogen and oxygen atoms in total. The SMILES string of the molecule is CC1CCCN1.CC1CCCN1CCCCl. The maximum Gasteiger partial charge on any atom is 0.0235 e. The van der Waals surface area contributed by atoms with E-state index < -0.39 is 0 Å². The van der Waals surface area contributed by atoms with Gasteiger partial charge in [0.2, 0.25) is 0 Å². The van der Waals surface area contributed by atoms with E-state index in [1.54, 1.807) is 0 Å². The van der Waals surface area contributed by atoms with Gasteiger partial charge in [-0.15, -0.1) is 11.6 Å². The van der Waals surface area contributed by atoms with Crippen molar-refractivity contribution >= 4 is 11.6 Å². The van der Waals surface area contributed by atoms with Crippen LogP contribution in [0.3, 0.4) is 0 Å². The second-order valence-electron chi connectivity index (χ2n) is 5.07. The van der Waals surface area contributed by atoms with Gasteiger partial charge in [-0.05, 0) is 65.6 Å². The van der Waals surface area contributed by atoms with Crippen molar-refractivity contribution in [3.63, 3.8) is 0 Å². The number of nitrogens with zero attached hydrogens (tertiary/aromatic N) is 1. The fourth-order valence-electron chi connectivity index (χ4n) is 2.45. The number of halogens is 1. The van der Waals surface area contributed by atoms with Crippen LogP contribution >= 0.6 is 11.6 Å². The minimum Gasteiger partial charge on any atom is -0.314 e. The Morgan fingerprint density at radius 2 is 2.06 bits per heavy atom. The quantitative estimate of drug-likeness (QED) is 0.771. The predicted octanol–water partition coefficient (Wildman–Crippen LogP) is 2.86. The topological polar surface area (TPSA) is 15.3 Å². The molecule has 16 heavy (non-hydrogen) atoms. The Morgan fingerprint density at radius 3 is 2.44 bits per heavy atom. The van der Waals surface area contributed by atoms with Crippen molar-refractivity contribution in [3.8, 4) is 0 Å². The number of hydrogen-bond donors (Lipinski definition) is 1. The first-order chi connectivity index (χ1) is 7.74. The summed E-state index contributed by atoms with van der Waals surface area (Å²) in [6, 6.07) is 1.60. The van der Waals surface area contributed by atoms with Crippen LogP contribution < -0.4 is 5.32 Å². The van der Waals surface area contributed by atoms with Crippen molar-refractivity contribution in [2.75, 3.05) is 25.5 Å². The van der Waals surface area contributed by atoms with Crippen molar-refractivity contribution in [1.29, 1.82) is 0 Å². The molecule has 3 heteroatoms. The van der Waals surface area contributed by atoms with E-state index in [0.29, 0.717) is 0 Å². The summed E-state index contributed by atoms with van der Waals surface area (Å²) in [5.41, 5.74) is 0. The molecule has 2 fully saturated rings. The number of alkyl halides is 1. The molecule has 0 aromatic rings. The molecule has 2 rings (SSSR count). The van der Waals surface area contributed by atoms with Crippen LogP contribution in [0.15, 0.2) is 0 Å². The molecule has 0 amide bonds. The van der Waals surface area contributed by atoms with Gasteiger partial charge in [-0.2, -0.15) is 0 Å². The van der Waals surface area contributed by atoms with Gasteiger partial charge in [-0.1, -0.05) is 0 Å². The summed E-state index contributed by atoms with van der Waals surface area (Å²) in [4.78, 5) is 2.53. The number of rotatable bonds is 3. The molecule has 2 unspecified atom stereocenters. The molecule has 2 aliphatic heterocycles. The van der Waals surface area contributed by atoms with E-state index in [1.807, 2.05) is 0 Å². The standard InChI is InChI=1S/C8H16ClN.C5H11N/c1-8-4-2-6-10(8)7-3-5-9;1-5-3-2-4-6-5/h8H,2-7H2,1H3;5-6H,2-4H2,1H3. The van der Waals surface area contributed by atoms with Gasteiger partial charge in [-0.3, -0.25) is 0 Å². The first kappa shape index (κ1) is 14.3. The molecule has 0 aromatic heterocycles. The van der Waals surface area contributed by atoms with E-state index in [9.17, 15) is 0 Å². The van der Waals surface area contributed by atoms with Gasteiger partial charge in [0, 0.05) is 18.0 Å². The van der Waals surface area contributed by atoms with Crippen LogP contribution in [0.25, 0.3) is 0 Å². The first-order valence-corrected chi connectivity index (χ1v) is 7.31. The molecule has 2 aliphatic rings. The summed E-state index contributed by atoms with van der Waals surface area (Å²) in [6.07, 6.45) is 6.65. The van der Waals surface area contributed by atoms with Crippen molar-refractivity contribution < 1.29 is 0 Å². The van der Waals surface area contributed by atoms with Gasteiger partial charge in [-0.25, -0.2) is 0 Å². The molecule has 2 saturated heterocycles. The van der Waals surface area contributed by atoms with Gasteiger partial charge < -0.3 is 10.2 Å². The Bertz CT molecular complexity index is 169. The number of likely N-dealkylation sites (tertiary alicyclic amines) is 1. The summed E-state index contributed by atoms with van der Waals surface area (Å²) in [7, 11) is 0.